The van der Waals surface area contributed by atoms with Gasteiger partial charge in [-0.25, -0.2) is 0 Å². The zero-order valence-electron chi connectivity index (χ0n) is 12.2. The molecule has 18 heavy (non-hydrogen) atoms. The molecule has 2 heteroatoms. The molecule has 0 amide bonds. The SMILES string of the molecule is CCC(O)C(O)CCc1c(C)c(C)cc(C)c1C. The van der Waals surface area contributed by atoms with E-state index in [1.165, 1.54) is 27.8 Å². The van der Waals surface area contributed by atoms with E-state index in [1.54, 1.807) is 0 Å². The molecule has 2 unspecified atom stereocenters. The maximum atomic E-state index is 9.85. The maximum Gasteiger partial charge on any atom is 0.0802 e. The highest BCUT2D eigenvalue weighted by Gasteiger charge is 2.16. The van der Waals surface area contributed by atoms with Crippen LogP contribution in [-0.4, -0.2) is 22.4 Å². The first-order valence-electron chi connectivity index (χ1n) is 6.80. The predicted octanol–water partition coefficient (Wildman–Crippen LogP) is 2.98. The van der Waals surface area contributed by atoms with Crippen molar-refractivity contribution in [2.45, 2.75) is 66.1 Å². The van der Waals surface area contributed by atoms with Crippen LogP contribution in [0.4, 0.5) is 0 Å². The largest absolute Gasteiger partial charge is 0.390 e. The predicted molar refractivity (Wildman–Crippen MR) is 76.0 cm³/mol. The molecule has 0 aromatic heterocycles. The molecular weight excluding hydrogens is 224 g/mol. The number of aliphatic hydroxyl groups excluding tert-OH is 2. The summed E-state index contributed by atoms with van der Waals surface area (Å²) in [6, 6.07) is 2.21. The minimum atomic E-state index is -0.616. The van der Waals surface area contributed by atoms with Crippen LogP contribution in [0.15, 0.2) is 6.07 Å². The number of aliphatic hydroxyl groups is 2. The van der Waals surface area contributed by atoms with E-state index in [-0.39, 0.29) is 0 Å². The fourth-order valence-corrected chi connectivity index (χ4v) is 2.43. The third-order valence-electron chi connectivity index (χ3n) is 4.07. The lowest BCUT2D eigenvalue weighted by Crippen LogP contribution is -2.25. The highest BCUT2D eigenvalue weighted by atomic mass is 16.3. The molecule has 1 aromatic carbocycles. The van der Waals surface area contributed by atoms with Gasteiger partial charge in [-0.1, -0.05) is 13.0 Å². The molecule has 0 aliphatic rings. The van der Waals surface area contributed by atoms with Gasteiger partial charge in [-0.2, -0.15) is 0 Å². The second kappa shape index (κ2) is 6.35. The Hall–Kier alpha value is -0.860. The van der Waals surface area contributed by atoms with Crippen molar-refractivity contribution >= 4 is 0 Å². The van der Waals surface area contributed by atoms with Gasteiger partial charge in [0.2, 0.25) is 0 Å². The van der Waals surface area contributed by atoms with E-state index in [4.69, 9.17) is 0 Å². The van der Waals surface area contributed by atoms with Crippen LogP contribution in [0.25, 0.3) is 0 Å². The van der Waals surface area contributed by atoms with Crippen molar-refractivity contribution in [3.8, 4) is 0 Å². The number of hydrogen-bond acceptors (Lipinski definition) is 2. The van der Waals surface area contributed by atoms with Gasteiger partial charge in [-0.15, -0.1) is 0 Å². The van der Waals surface area contributed by atoms with E-state index >= 15 is 0 Å². The quantitative estimate of drug-likeness (QED) is 0.843. The minimum Gasteiger partial charge on any atom is -0.390 e. The molecule has 0 radical (unpaired) electrons. The van der Waals surface area contributed by atoms with Crippen molar-refractivity contribution in [3.63, 3.8) is 0 Å². The molecule has 2 atom stereocenters. The van der Waals surface area contributed by atoms with Gasteiger partial charge in [0.25, 0.3) is 0 Å². The van der Waals surface area contributed by atoms with Gasteiger partial charge in [0, 0.05) is 0 Å². The van der Waals surface area contributed by atoms with Gasteiger partial charge < -0.3 is 10.2 Å². The summed E-state index contributed by atoms with van der Waals surface area (Å²) >= 11 is 0. The topological polar surface area (TPSA) is 40.5 Å². The first-order chi connectivity index (χ1) is 8.38. The standard InChI is InChI=1S/C16H26O2/c1-6-15(17)16(18)8-7-14-12(4)10(2)9-11(3)13(14)5/h9,15-18H,6-8H2,1-5H3. The summed E-state index contributed by atoms with van der Waals surface area (Å²) in [6.07, 6.45) is 0.843. The van der Waals surface area contributed by atoms with Crippen LogP contribution in [0.1, 0.15) is 47.6 Å². The Kier molecular flexibility index (Phi) is 5.36. The number of benzene rings is 1. The molecular formula is C16H26O2. The fourth-order valence-electron chi connectivity index (χ4n) is 2.43. The van der Waals surface area contributed by atoms with Crippen molar-refractivity contribution in [2.24, 2.45) is 0 Å². The lowest BCUT2D eigenvalue weighted by Gasteiger charge is -2.19. The summed E-state index contributed by atoms with van der Waals surface area (Å²) in [7, 11) is 0. The van der Waals surface area contributed by atoms with Crippen LogP contribution in [0.2, 0.25) is 0 Å². The monoisotopic (exact) mass is 250 g/mol. The molecule has 1 rings (SSSR count). The first-order valence-corrected chi connectivity index (χ1v) is 6.80. The lowest BCUT2D eigenvalue weighted by atomic mass is 9.90. The van der Waals surface area contributed by atoms with Crippen LogP contribution in [0.3, 0.4) is 0 Å². The highest BCUT2D eigenvalue weighted by Crippen LogP contribution is 2.23. The van der Waals surface area contributed by atoms with Gasteiger partial charge in [0.15, 0.2) is 0 Å². The van der Waals surface area contributed by atoms with Crippen molar-refractivity contribution < 1.29 is 10.2 Å². The molecule has 102 valence electrons. The van der Waals surface area contributed by atoms with Crippen molar-refractivity contribution in [1.29, 1.82) is 0 Å². The van der Waals surface area contributed by atoms with E-state index in [9.17, 15) is 10.2 Å². The van der Waals surface area contributed by atoms with Crippen LogP contribution >= 0.6 is 0 Å². The third kappa shape index (κ3) is 3.33. The number of hydrogen-bond donors (Lipinski definition) is 2. The van der Waals surface area contributed by atoms with Gasteiger partial charge >= 0.3 is 0 Å². The minimum absolute atomic E-state index is 0.600. The van der Waals surface area contributed by atoms with E-state index in [2.05, 4.69) is 33.8 Å². The Labute approximate surface area is 111 Å². The van der Waals surface area contributed by atoms with E-state index in [0.29, 0.717) is 12.8 Å². The smallest absolute Gasteiger partial charge is 0.0802 e. The maximum absolute atomic E-state index is 9.85. The summed E-state index contributed by atoms with van der Waals surface area (Å²) in [6.45, 7) is 10.4. The molecule has 0 spiro atoms. The van der Waals surface area contributed by atoms with E-state index in [0.717, 1.165) is 6.42 Å². The summed E-state index contributed by atoms with van der Waals surface area (Å²) in [5, 5.41) is 19.5. The Morgan fingerprint density at radius 1 is 0.944 bits per heavy atom. The molecule has 0 saturated heterocycles. The fraction of sp³-hybridized carbons (Fsp3) is 0.625. The molecule has 0 saturated carbocycles. The molecule has 0 fully saturated rings. The highest BCUT2D eigenvalue weighted by molar-refractivity contribution is 5.44. The van der Waals surface area contributed by atoms with Crippen LogP contribution in [0, 0.1) is 27.7 Å². The van der Waals surface area contributed by atoms with Crippen LogP contribution in [-0.2, 0) is 6.42 Å². The van der Waals surface area contributed by atoms with Crippen molar-refractivity contribution in [3.05, 3.63) is 33.9 Å². The Balaban J connectivity index is 2.85. The average molecular weight is 250 g/mol. The van der Waals surface area contributed by atoms with Crippen molar-refractivity contribution in [1.82, 2.24) is 0 Å². The Morgan fingerprint density at radius 3 is 1.89 bits per heavy atom. The number of rotatable bonds is 5. The second-order valence-corrected chi connectivity index (χ2v) is 5.32. The van der Waals surface area contributed by atoms with Crippen LogP contribution < -0.4 is 0 Å². The van der Waals surface area contributed by atoms with Crippen molar-refractivity contribution in [2.75, 3.05) is 0 Å². The summed E-state index contributed by atoms with van der Waals surface area (Å²) in [4.78, 5) is 0. The molecule has 2 N–H and O–H groups in total. The lowest BCUT2D eigenvalue weighted by molar-refractivity contribution is 0.0130. The summed E-state index contributed by atoms with van der Waals surface area (Å²) < 4.78 is 0. The molecule has 0 bridgehead atoms. The van der Waals surface area contributed by atoms with Gasteiger partial charge in [0.1, 0.15) is 0 Å². The van der Waals surface area contributed by atoms with Gasteiger partial charge in [-0.05, 0) is 74.8 Å². The van der Waals surface area contributed by atoms with Gasteiger partial charge in [-0.3, -0.25) is 0 Å². The molecule has 0 aliphatic heterocycles. The molecule has 1 aromatic rings. The van der Waals surface area contributed by atoms with E-state index < -0.39 is 12.2 Å². The molecule has 0 aliphatic carbocycles. The second-order valence-electron chi connectivity index (χ2n) is 5.32. The van der Waals surface area contributed by atoms with Gasteiger partial charge in [0.05, 0.1) is 12.2 Å². The summed E-state index contributed by atoms with van der Waals surface area (Å²) in [5.74, 6) is 0. The third-order valence-corrected chi connectivity index (χ3v) is 4.07. The zero-order valence-corrected chi connectivity index (χ0v) is 12.2. The van der Waals surface area contributed by atoms with E-state index in [1.807, 2.05) is 6.92 Å². The van der Waals surface area contributed by atoms with Crippen LogP contribution in [0.5, 0.6) is 0 Å². The molecule has 2 nitrogen and oxygen atoms in total. The molecule has 0 heterocycles. The Bertz CT molecular complexity index is 384. The zero-order chi connectivity index (χ0) is 13.9. The number of aryl methyl sites for hydroxylation is 2. The Morgan fingerprint density at radius 2 is 1.44 bits per heavy atom. The normalized spacial score (nSPS) is 14.6. The summed E-state index contributed by atoms with van der Waals surface area (Å²) in [5.41, 5.74) is 6.57. The first kappa shape index (κ1) is 15.2. The average Bonchev–Trinajstić information content (AvgIpc) is 2.35.